The van der Waals surface area contributed by atoms with Gasteiger partial charge in [0.2, 0.25) is 9.84 Å². The van der Waals surface area contributed by atoms with Crippen molar-refractivity contribution in [2.24, 2.45) is 0 Å². The van der Waals surface area contributed by atoms with E-state index in [1.807, 2.05) is 6.07 Å². The van der Waals surface area contributed by atoms with E-state index in [0.29, 0.717) is 10.8 Å². The van der Waals surface area contributed by atoms with Gasteiger partial charge in [0, 0.05) is 10.9 Å². The van der Waals surface area contributed by atoms with Gasteiger partial charge in [0.15, 0.2) is 5.13 Å². The molecule has 3 rings (SSSR count). The third kappa shape index (κ3) is 3.88. The molecule has 1 heterocycles. The van der Waals surface area contributed by atoms with Gasteiger partial charge >= 0.3 is 5.76 Å². The lowest BCUT2D eigenvalue weighted by Gasteiger charge is -2.20. The van der Waals surface area contributed by atoms with Crippen molar-refractivity contribution >= 4 is 37.9 Å². The van der Waals surface area contributed by atoms with Gasteiger partial charge in [-0.3, -0.25) is 9.69 Å². The van der Waals surface area contributed by atoms with Crippen LogP contribution in [0.25, 0.3) is 0 Å². The number of aryl methyl sites for hydroxylation is 1. The Hall–Kier alpha value is -2.65. The van der Waals surface area contributed by atoms with Gasteiger partial charge in [0.1, 0.15) is 0 Å². The van der Waals surface area contributed by atoms with Gasteiger partial charge in [-0.2, -0.15) is 8.78 Å². The first-order valence-corrected chi connectivity index (χ1v) is 10.2. The van der Waals surface area contributed by atoms with Crippen LogP contribution in [-0.2, 0) is 9.84 Å². The van der Waals surface area contributed by atoms with Gasteiger partial charge in [0.05, 0.1) is 16.3 Å². The molecule has 0 saturated heterocycles. The van der Waals surface area contributed by atoms with Crippen molar-refractivity contribution in [1.82, 2.24) is 4.98 Å². The minimum absolute atomic E-state index is 0.153. The van der Waals surface area contributed by atoms with Crippen molar-refractivity contribution in [1.29, 1.82) is 0 Å². The molecule has 2 aromatic carbocycles. The van der Waals surface area contributed by atoms with Crippen LogP contribution in [0.3, 0.4) is 0 Å². The van der Waals surface area contributed by atoms with Crippen molar-refractivity contribution in [3.8, 4) is 0 Å². The Bertz CT molecular complexity index is 1050. The van der Waals surface area contributed by atoms with Gasteiger partial charge in [-0.15, -0.1) is 11.3 Å². The molecular formula is C18H14F2N2O3S2. The number of thiazole rings is 1. The summed E-state index contributed by atoms with van der Waals surface area (Å²) in [6.07, 6.45) is 0. The highest BCUT2D eigenvalue weighted by atomic mass is 32.2. The summed E-state index contributed by atoms with van der Waals surface area (Å²) in [5.74, 6) is -3.96. The summed E-state index contributed by atoms with van der Waals surface area (Å²) in [4.78, 5) is 18.2. The normalized spacial score (nSPS) is 11.6. The van der Waals surface area contributed by atoms with Gasteiger partial charge in [-0.25, -0.2) is 13.4 Å². The number of halogens is 2. The maximum absolute atomic E-state index is 13.0. The molecule has 27 heavy (non-hydrogen) atoms. The molecule has 0 aliphatic carbocycles. The minimum Gasteiger partial charge on any atom is -0.268 e. The van der Waals surface area contributed by atoms with E-state index in [-0.39, 0.29) is 5.56 Å². The maximum atomic E-state index is 13.0. The van der Waals surface area contributed by atoms with Gasteiger partial charge in [0.25, 0.3) is 5.91 Å². The third-order valence-electron chi connectivity index (χ3n) is 3.68. The molecule has 1 aromatic heterocycles. The number of rotatable bonds is 5. The van der Waals surface area contributed by atoms with Gasteiger partial charge in [-0.05, 0) is 43.3 Å². The number of carbonyl (C=O) groups is 1. The van der Waals surface area contributed by atoms with Crippen LogP contribution in [0, 0.1) is 6.92 Å². The molecule has 0 N–H and O–H groups in total. The molecule has 0 fully saturated rings. The summed E-state index contributed by atoms with van der Waals surface area (Å²) < 4.78 is 48.4. The van der Waals surface area contributed by atoms with E-state index in [9.17, 15) is 22.0 Å². The second-order valence-corrected chi connectivity index (χ2v) is 8.33. The molecule has 0 unspecified atom stereocenters. The quantitative estimate of drug-likeness (QED) is 0.627. The van der Waals surface area contributed by atoms with E-state index < -0.39 is 26.4 Å². The lowest BCUT2D eigenvalue weighted by Crippen LogP contribution is -2.26. The Morgan fingerprint density at radius 2 is 1.70 bits per heavy atom. The molecule has 9 heteroatoms. The summed E-state index contributed by atoms with van der Waals surface area (Å²) in [6.45, 7) is 1.80. The summed E-state index contributed by atoms with van der Waals surface area (Å²) >= 11 is 1.29. The van der Waals surface area contributed by atoms with Crippen LogP contribution in [0.15, 0.2) is 64.9 Å². The van der Waals surface area contributed by atoms with Gasteiger partial charge in [-0.1, -0.05) is 18.2 Å². The number of sulfone groups is 1. The third-order valence-corrected chi connectivity index (χ3v) is 6.02. The molecule has 1 amide bonds. The van der Waals surface area contributed by atoms with E-state index in [0.717, 1.165) is 17.8 Å². The highest BCUT2D eigenvalue weighted by Crippen LogP contribution is 2.30. The Labute approximate surface area is 158 Å². The summed E-state index contributed by atoms with van der Waals surface area (Å²) in [6, 6.07) is 13.3. The van der Waals surface area contributed by atoms with Crippen molar-refractivity contribution < 1.29 is 22.0 Å². The number of para-hydroxylation sites is 1. The molecule has 0 aliphatic rings. The maximum Gasteiger partial charge on any atom is 0.341 e. The zero-order valence-corrected chi connectivity index (χ0v) is 15.7. The first kappa shape index (κ1) is 19.1. The fraction of sp³-hybridized carbons (Fsp3) is 0.111. The van der Waals surface area contributed by atoms with Crippen molar-refractivity contribution in [3.63, 3.8) is 0 Å². The van der Waals surface area contributed by atoms with Gasteiger partial charge < -0.3 is 0 Å². The first-order chi connectivity index (χ1) is 12.8. The molecule has 140 valence electrons. The SMILES string of the molecule is Cc1csc(N(C(=O)c2ccc(S(=O)(=O)C(F)F)cc2)c2ccccc2)n1. The van der Waals surface area contributed by atoms with Crippen LogP contribution < -0.4 is 4.90 Å². The number of anilines is 2. The van der Waals surface area contributed by atoms with Crippen LogP contribution >= 0.6 is 11.3 Å². The lowest BCUT2D eigenvalue weighted by atomic mass is 10.2. The van der Waals surface area contributed by atoms with E-state index in [4.69, 9.17) is 0 Å². The molecule has 0 radical (unpaired) electrons. The molecule has 0 atom stereocenters. The fourth-order valence-electron chi connectivity index (χ4n) is 2.36. The molecule has 0 saturated carbocycles. The predicted molar refractivity (Wildman–Crippen MR) is 99.4 cm³/mol. The monoisotopic (exact) mass is 408 g/mol. The molecule has 0 aliphatic heterocycles. The Balaban J connectivity index is 2.00. The van der Waals surface area contributed by atoms with E-state index in [1.165, 1.54) is 28.4 Å². The average Bonchev–Trinajstić information content (AvgIpc) is 3.08. The number of carbonyl (C=O) groups excluding carboxylic acids is 1. The summed E-state index contributed by atoms with van der Waals surface area (Å²) in [5, 5.41) is 2.25. The first-order valence-electron chi connectivity index (χ1n) is 7.74. The zero-order chi connectivity index (χ0) is 19.6. The highest BCUT2D eigenvalue weighted by Gasteiger charge is 2.27. The molecule has 0 spiro atoms. The topological polar surface area (TPSA) is 67.3 Å². The Morgan fingerprint density at radius 3 is 2.22 bits per heavy atom. The van der Waals surface area contributed by atoms with E-state index in [1.54, 1.807) is 36.6 Å². The van der Waals surface area contributed by atoms with Crippen LogP contribution in [0.1, 0.15) is 16.1 Å². The lowest BCUT2D eigenvalue weighted by molar-refractivity contribution is 0.0999. The summed E-state index contributed by atoms with van der Waals surface area (Å²) in [7, 11) is -4.71. The largest absolute Gasteiger partial charge is 0.341 e. The van der Waals surface area contributed by atoms with Crippen molar-refractivity contribution in [2.45, 2.75) is 17.6 Å². The van der Waals surface area contributed by atoms with E-state index in [2.05, 4.69) is 4.98 Å². The fourth-order valence-corrected chi connectivity index (χ4v) is 3.90. The second kappa shape index (κ2) is 7.53. The number of alkyl halides is 2. The van der Waals surface area contributed by atoms with Crippen LogP contribution in [-0.4, -0.2) is 25.1 Å². The number of hydrogen-bond donors (Lipinski definition) is 0. The smallest absolute Gasteiger partial charge is 0.268 e. The predicted octanol–water partition coefficient (Wildman–Crippen LogP) is 4.43. The number of hydrogen-bond acceptors (Lipinski definition) is 5. The minimum atomic E-state index is -4.71. The molecular weight excluding hydrogens is 394 g/mol. The molecule has 3 aromatic rings. The summed E-state index contributed by atoms with van der Waals surface area (Å²) in [5.41, 5.74) is 1.49. The van der Waals surface area contributed by atoms with Crippen LogP contribution in [0.5, 0.6) is 0 Å². The molecule has 5 nitrogen and oxygen atoms in total. The second-order valence-electron chi connectivity index (χ2n) is 5.58. The van der Waals surface area contributed by atoms with E-state index >= 15 is 0 Å². The van der Waals surface area contributed by atoms with Crippen molar-refractivity contribution in [2.75, 3.05) is 4.90 Å². The average molecular weight is 408 g/mol. The Morgan fingerprint density at radius 1 is 1.07 bits per heavy atom. The number of aromatic nitrogens is 1. The number of nitrogens with zero attached hydrogens (tertiary/aromatic N) is 2. The Kier molecular flexibility index (Phi) is 5.33. The standard InChI is InChI=1S/C18H14F2N2O3S2/c1-12-11-26-18(21-12)22(14-5-3-2-4-6-14)16(23)13-7-9-15(10-8-13)27(24,25)17(19)20/h2-11,17H,1H3. The van der Waals surface area contributed by atoms with Crippen LogP contribution in [0.2, 0.25) is 0 Å². The zero-order valence-electron chi connectivity index (χ0n) is 14.0. The number of benzene rings is 2. The highest BCUT2D eigenvalue weighted by molar-refractivity contribution is 7.91. The molecule has 0 bridgehead atoms. The number of amides is 1. The van der Waals surface area contributed by atoms with Crippen LogP contribution in [0.4, 0.5) is 19.6 Å². The van der Waals surface area contributed by atoms with Crippen molar-refractivity contribution in [3.05, 3.63) is 71.2 Å².